The van der Waals surface area contributed by atoms with Crippen molar-refractivity contribution in [3.8, 4) is 5.75 Å². The first-order valence-electron chi connectivity index (χ1n) is 7.36. The molecule has 124 valence electrons. The third-order valence-electron chi connectivity index (χ3n) is 4.33. The molecule has 1 N–H and O–H groups in total. The number of fused-ring (bicyclic) bond motifs is 1. The molecule has 1 aliphatic heterocycles. The van der Waals surface area contributed by atoms with Crippen LogP contribution in [0.2, 0.25) is 0 Å². The van der Waals surface area contributed by atoms with E-state index < -0.39 is 6.36 Å². The number of carbonyl (C=O) groups excluding carboxylic acids is 1. The zero-order valence-electron chi connectivity index (χ0n) is 12.3. The highest BCUT2D eigenvalue weighted by atomic mass is 19.4. The largest absolute Gasteiger partial charge is 0.573 e. The highest BCUT2D eigenvalue weighted by Crippen LogP contribution is 2.45. The van der Waals surface area contributed by atoms with Gasteiger partial charge in [-0.15, -0.1) is 13.2 Å². The molecule has 0 radical (unpaired) electrons. The Balaban J connectivity index is 1.47. The SMILES string of the molecule is C=CC(=O)NC1C2CN(Cc3ccc(OC(F)(F)F)cc3)CC21. The molecule has 2 fully saturated rings. The molecule has 1 aromatic carbocycles. The van der Waals surface area contributed by atoms with Crippen molar-refractivity contribution < 1.29 is 22.7 Å². The van der Waals surface area contributed by atoms with E-state index in [0.717, 1.165) is 18.7 Å². The number of rotatable bonds is 5. The van der Waals surface area contributed by atoms with E-state index >= 15 is 0 Å². The van der Waals surface area contributed by atoms with Crippen molar-refractivity contribution in [1.29, 1.82) is 0 Å². The number of halogens is 3. The molecule has 0 bridgehead atoms. The van der Waals surface area contributed by atoms with E-state index in [0.29, 0.717) is 18.4 Å². The van der Waals surface area contributed by atoms with E-state index in [1.54, 1.807) is 12.1 Å². The Morgan fingerprint density at radius 1 is 1.30 bits per heavy atom. The summed E-state index contributed by atoms with van der Waals surface area (Å²) < 4.78 is 40.2. The van der Waals surface area contributed by atoms with E-state index in [1.807, 2.05) is 0 Å². The fourth-order valence-corrected chi connectivity index (χ4v) is 3.23. The molecule has 4 nitrogen and oxygen atoms in total. The van der Waals surface area contributed by atoms with Crippen LogP contribution in [0.3, 0.4) is 0 Å². The molecule has 1 aromatic rings. The third kappa shape index (κ3) is 3.85. The van der Waals surface area contributed by atoms with Crippen LogP contribution in [0.5, 0.6) is 5.75 Å². The molecular weight excluding hydrogens is 309 g/mol. The summed E-state index contributed by atoms with van der Waals surface area (Å²) in [7, 11) is 0. The summed E-state index contributed by atoms with van der Waals surface area (Å²) in [5.74, 6) is 0.576. The Morgan fingerprint density at radius 3 is 2.43 bits per heavy atom. The topological polar surface area (TPSA) is 41.6 Å². The van der Waals surface area contributed by atoms with Gasteiger partial charge >= 0.3 is 6.36 Å². The molecule has 1 saturated carbocycles. The van der Waals surface area contributed by atoms with Crippen LogP contribution < -0.4 is 10.1 Å². The lowest BCUT2D eigenvalue weighted by molar-refractivity contribution is -0.274. The maximum atomic E-state index is 12.1. The van der Waals surface area contributed by atoms with Crippen molar-refractivity contribution >= 4 is 5.91 Å². The van der Waals surface area contributed by atoms with Gasteiger partial charge in [0.05, 0.1) is 0 Å². The van der Waals surface area contributed by atoms with Gasteiger partial charge in [0, 0.05) is 25.7 Å². The number of likely N-dealkylation sites (tertiary alicyclic amines) is 1. The highest BCUT2D eigenvalue weighted by Gasteiger charge is 2.56. The number of nitrogens with one attached hydrogen (secondary N) is 1. The molecule has 2 aliphatic rings. The van der Waals surface area contributed by atoms with Gasteiger partial charge in [0.15, 0.2) is 0 Å². The van der Waals surface area contributed by atoms with Gasteiger partial charge in [-0.3, -0.25) is 9.69 Å². The van der Waals surface area contributed by atoms with Crippen molar-refractivity contribution in [3.63, 3.8) is 0 Å². The van der Waals surface area contributed by atoms with Gasteiger partial charge in [-0.25, -0.2) is 0 Å². The molecular formula is C16H17F3N2O2. The predicted molar refractivity (Wildman–Crippen MR) is 77.5 cm³/mol. The minimum absolute atomic E-state index is 0.142. The Labute approximate surface area is 131 Å². The van der Waals surface area contributed by atoms with Crippen LogP contribution in [-0.2, 0) is 11.3 Å². The number of nitrogens with zero attached hydrogens (tertiary/aromatic N) is 1. The standard InChI is InChI=1S/C16H17F3N2O2/c1-2-14(22)20-15-12-8-21(9-13(12)15)7-10-3-5-11(6-4-10)23-16(17,18)19/h2-6,12-13,15H,1,7-9H2,(H,20,22). The van der Waals surface area contributed by atoms with Crippen LogP contribution >= 0.6 is 0 Å². The Bertz CT molecular complexity index is 588. The lowest BCUT2D eigenvalue weighted by Crippen LogP contribution is -2.33. The van der Waals surface area contributed by atoms with Crippen LogP contribution in [0.4, 0.5) is 13.2 Å². The summed E-state index contributed by atoms with van der Waals surface area (Å²) in [4.78, 5) is 13.5. The second-order valence-corrected chi connectivity index (χ2v) is 5.95. The van der Waals surface area contributed by atoms with Crippen LogP contribution in [-0.4, -0.2) is 36.3 Å². The molecule has 1 saturated heterocycles. The number of amides is 1. The monoisotopic (exact) mass is 326 g/mol. The molecule has 2 unspecified atom stereocenters. The van der Waals surface area contributed by atoms with Gasteiger partial charge in [-0.05, 0) is 35.6 Å². The third-order valence-corrected chi connectivity index (χ3v) is 4.33. The lowest BCUT2D eigenvalue weighted by Gasteiger charge is -2.20. The van der Waals surface area contributed by atoms with E-state index in [9.17, 15) is 18.0 Å². The predicted octanol–water partition coefficient (Wildman–Crippen LogP) is 2.32. The van der Waals surface area contributed by atoms with Gasteiger partial charge in [0.25, 0.3) is 0 Å². The molecule has 1 amide bonds. The van der Waals surface area contributed by atoms with E-state index in [-0.39, 0.29) is 17.7 Å². The zero-order valence-corrected chi connectivity index (χ0v) is 12.3. The summed E-state index contributed by atoms with van der Waals surface area (Å²) in [5, 5.41) is 2.91. The number of benzene rings is 1. The number of hydrogen-bond donors (Lipinski definition) is 1. The summed E-state index contributed by atoms with van der Waals surface area (Å²) >= 11 is 0. The quantitative estimate of drug-likeness (QED) is 0.845. The highest BCUT2D eigenvalue weighted by molar-refractivity contribution is 5.87. The van der Waals surface area contributed by atoms with Gasteiger partial charge in [0.1, 0.15) is 5.75 Å². The molecule has 2 atom stereocenters. The average Bonchev–Trinajstić information content (AvgIpc) is 2.92. The molecule has 1 aliphatic carbocycles. The van der Waals surface area contributed by atoms with Crippen LogP contribution in [0, 0.1) is 11.8 Å². The van der Waals surface area contributed by atoms with Crippen LogP contribution in [0.25, 0.3) is 0 Å². The molecule has 23 heavy (non-hydrogen) atoms. The van der Waals surface area contributed by atoms with Crippen molar-refractivity contribution in [2.45, 2.75) is 18.9 Å². The summed E-state index contributed by atoms with van der Waals surface area (Å²) in [6.45, 7) is 5.88. The van der Waals surface area contributed by atoms with Gasteiger partial charge in [-0.1, -0.05) is 18.7 Å². The first-order chi connectivity index (χ1) is 10.9. The van der Waals surface area contributed by atoms with Crippen molar-refractivity contribution in [2.75, 3.05) is 13.1 Å². The summed E-state index contributed by atoms with van der Waals surface area (Å²) in [6.07, 6.45) is -3.39. The minimum Gasteiger partial charge on any atom is -0.406 e. The van der Waals surface area contributed by atoms with E-state index in [4.69, 9.17) is 0 Å². The van der Waals surface area contributed by atoms with Crippen LogP contribution in [0.15, 0.2) is 36.9 Å². The fourth-order valence-electron chi connectivity index (χ4n) is 3.23. The van der Waals surface area contributed by atoms with Crippen molar-refractivity contribution in [1.82, 2.24) is 10.2 Å². The van der Waals surface area contributed by atoms with Crippen LogP contribution in [0.1, 0.15) is 5.56 Å². The first kappa shape index (κ1) is 15.9. The molecule has 0 spiro atoms. The van der Waals surface area contributed by atoms with E-state index in [2.05, 4.69) is 21.5 Å². The van der Waals surface area contributed by atoms with Crippen molar-refractivity contribution in [3.05, 3.63) is 42.5 Å². The fraction of sp³-hybridized carbons (Fsp3) is 0.438. The number of ether oxygens (including phenoxy) is 1. The van der Waals surface area contributed by atoms with Gasteiger partial charge < -0.3 is 10.1 Å². The second kappa shape index (κ2) is 5.88. The Morgan fingerprint density at radius 2 is 1.91 bits per heavy atom. The smallest absolute Gasteiger partial charge is 0.406 e. The maximum Gasteiger partial charge on any atom is 0.573 e. The van der Waals surface area contributed by atoms with E-state index in [1.165, 1.54) is 18.2 Å². The number of hydrogen-bond acceptors (Lipinski definition) is 3. The summed E-state index contributed by atoms with van der Waals surface area (Å²) in [5.41, 5.74) is 0.938. The molecule has 7 heteroatoms. The lowest BCUT2D eigenvalue weighted by atomic mass is 10.2. The first-order valence-corrected chi connectivity index (χ1v) is 7.36. The summed E-state index contributed by atoms with van der Waals surface area (Å²) in [6, 6.07) is 6.17. The maximum absolute atomic E-state index is 12.1. The number of piperidine rings is 1. The number of alkyl halides is 3. The molecule has 3 rings (SSSR count). The van der Waals surface area contributed by atoms with Gasteiger partial charge in [0.2, 0.25) is 5.91 Å². The zero-order chi connectivity index (χ0) is 16.6. The average molecular weight is 326 g/mol. The number of carbonyl (C=O) groups is 1. The minimum atomic E-state index is -4.66. The Kier molecular flexibility index (Phi) is 4.06. The second-order valence-electron chi connectivity index (χ2n) is 5.95. The molecule has 1 heterocycles. The van der Waals surface area contributed by atoms with Gasteiger partial charge in [-0.2, -0.15) is 0 Å². The Hall–Kier alpha value is -2.02. The normalized spacial score (nSPS) is 26.5. The molecule has 0 aromatic heterocycles. The van der Waals surface area contributed by atoms with Crippen molar-refractivity contribution in [2.24, 2.45) is 11.8 Å².